The molecule has 2 heterocycles. The minimum absolute atomic E-state index is 0.365. The summed E-state index contributed by atoms with van der Waals surface area (Å²) in [5, 5.41) is 0.978. The highest BCUT2D eigenvalue weighted by molar-refractivity contribution is 7.09. The Hall–Kier alpha value is -0.970. The maximum absolute atomic E-state index is 11.1. The molecule has 0 bridgehead atoms. The molecule has 1 saturated heterocycles. The van der Waals surface area contributed by atoms with Crippen molar-refractivity contribution in [3.05, 3.63) is 5.82 Å². The van der Waals surface area contributed by atoms with Crippen molar-refractivity contribution in [2.45, 2.75) is 32.6 Å². The molecule has 0 amide bonds. The fourth-order valence-electron chi connectivity index (χ4n) is 1.65. The van der Waals surface area contributed by atoms with Gasteiger partial charge in [-0.15, -0.1) is 0 Å². The van der Waals surface area contributed by atoms with E-state index >= 15 is 0 Å². The van der Waals surface area contributed by atoms with Crippen molar-refractivity contribution < 1.29 is 4.79 Å². The number of hydrogen-bond acceptors (Lipinski definition) is 5. The van der Waals surface area contributed by atoms with E-state index in [9.17, 15) is 4.79 Å². The van der Waals surface area contributed by atoms with E-state index in [4.69, 9.17) is 0 Å². The molecular formula is C10H15N3OS. The zero-order valence-electron chi connectivity index (χ0n) is 8.90. The van der Waals surface area contributed by atoms with Crippen LogP contribution in [0.3, 0.4) is 0 Å². The first-order valence-electron chi connectivity index (χ1n) is 5.39. The molecule has 0 saturated carbocycles. The third kappa shape index (κ3) is 2.53. The minimum atomic E-state index is 0.365. The number of carbonyl (C=O) groups excluding carboxylic acids is 1. The van der Waals surface area contributed by atoms with Crippen LogP contribution >= 0.6 is 11.5 Å². The average Bonchev–Trinajstić information content (AvgIpc) is 2.68. The highest BCUT2D eigenvalue weighted by atomic mass is 32.1. The van der Waals surface area contributed by atoms with Gasteiger partial charge in [0, 0.05) is 43.9 Å². The summed E-state index contributed by atoms with van der Waals surface area (Å²) in [4.78, 5) is 17.7. The highest BCUT2D eigenvalue weighted by Gasteiger charge is 2.19. The van der Waals surface area contributed by atoms with E-state index in [1.165, 1.54) is 11.5 Å². The number of anilines is 1. The second-order valence-corrected chi connectivity index (χ2v) is 4.50. The number of ketones is 1. The molecule has 15 heavy (non-hydrogen) atoms. The molecule has 1 fully saturated rings. The Bertz CT molecular complexity index is 340. The normalized spacial score (nSPS) is 17.1. The van der Waals surface area contributed by atoms with Gasteiger partial charge in [-0.05, 0) is 6.42 Å². The Morgan fingerprint density at radius 2 is 2.13 bits per heavy atom. The Kier molecular flexibility index (Phi) is 3.30. The third-order valence-electron chi connectivity index (χ3n) is 2.52. The Labute approximate surface area is 93.5 Å². The van der Waals surface area contributed by atoms with Gasteiger partial charge in [0.2, 0.25) is 5.13 Å². The predicted octanol–water partition coefficient (Wildman–Crippen LogP) is 1.66. The van der Waals surface area contributed by atoms with Crippen molar-refractivity contribution in [2.75, 3.05) is 18.0 Å². The Balaban J connectivity index is 1.99. The van der Waals surface area contributed by atoms with E-state index in [-0.39, 0.29) is 0 Å². The van der Waals surface area contributed by atoms with Gasteiger partial charge in [0.1, 0.15) is 11.6 Å². The standard InChI is InChI=1S/C10H15N3OS/c1-2-3-9-11-10(15-12-9)13-6-4-8(14)5-7-13/h2-7H2,1H3. The quantitative estimate of drug-likeness (QED) is 0.785. The van der Waals surface area contributed by atoms with Gasteiger partial charge >= 0.3 is 0 Å². The van der Waals surface area contributed by atoms with Crippen LogP contribution in [-0.4, -0.2) is 28.2 Å². The molecule has 82 valence electrons. The average molecular weight is 225 g/mol. The second-order valence-electron chi connectivity index (χ2n) is 3.77. The van der Waals surface area contributed by atoms with Gasteiger partial charge in [0.25, 0.3) is 0 Å². The fourth-order valence-corrected chi connectivity index (χ4v) is 2.41. The van der Waals surface area contributed by atoms with E-state index in [2.05, 4.69) is 21.2 Å². The summed E-state index contributed by atoms with van der Waals surface area (Å²) in [7, 11) is 0. The largest absolute Gasteiger partial charge is 0.346 e. The molecule has 0 aliphatic carbocycles. The summed E-state index contributed by atoms with van der Waals surface area (Å²) in [6, 6.07) is 0. The lowest BCUT2D eigenvalue weighted by Crippen LogP contribution is -2.33. The summed E-state index contributed by atoms with van der Waals surface area (Å²) in [5.41, 5.74) is 0. The molecular weight excluding hydrogens is 210 g/mol. The van der Waals surface area contributed by atoms with Gasteiger partial charge in [0.05, 0.1) is 0 Å². The topological polar surface area (TPSA) is 46.1 Å². The van der Waals surface area contributed by atoms with Crippen LogP contribution in [0.25, 0.3) is 0 Å². The number of piperidine rings is 1. The molecule has 0 unspecified atom stereocenters. The Morgan fingerprint density at radius 1 is 1.40 bits per heavy atom. The summed E-state index contributed by atoms with van der Waals surface area (Å²) in [5.74, 6) is 1.30. The maximum Gasteiger partial charge on any atom is 0.205 e. The van der Waals surface area contributed by atoms with E-state index in [0.29, 0.717) is 18.6 Å². The van der Waals surface area contributed by atoms with Crippen molar-refractivity contribution in [1.29, 1.82) is 0 Å². The van der Waals surface area contributed by atoms with Gasteiger partial charge in [0.15, 0.2) is 0 Å². The number of Topliss-reactive ketones (excluding diaryl/α,β-unsaturated/α-hetero) is 1. The van der Waals surface area contributed by atoms with Gasteiger partial charge in [-0.1, -0.05) is 6.92 Å². The van der Waals surface area contributed by atoms with Crippen molar-refractivity contribution in [1.82, 2.24) is 9.36 Å². The maximum atomic E-state index is 11.1. The lowest BCUT2D eigenvalue weighted by Gasteiger charge is -2.24. The molecule has 0 spiro atoms. The smallest absolute Gasteiger partial charge is 0.205 e. The molecule has 2 rings (SSSR count). The van der Waals surface area contributed by atoms with Crippen molar-refractivity contribution in [2.24, 2.45) is 0 Å². The second kappa shape index (κ2) is 4.70. The first-order chi connectivity index (χ1) is 7.29. The SMILES string of the molecule is CCCc1nsc(N2CCC(=O)CC2)n1. The van der Waals surface area contributed by atoms with Crippen LogP contribution in [0, 0.1) is 0 Å². The summed E-state index contributed by atoms with van der Waals surface area (Å²) in [6.45, 7) is 3.74. The van der Waals surface area contributed by atoms with Crippen LogP contribution in [0.15, 0.2) is 0 Å². The van der Waals surface area contributed by atoms with Crippen LogP contribution in [0.1, 0.15) is 32.0 Å². The van der Waals surface area contributed by atoms with E-state index in [0.717, 1.165) is 36.9 Å². The van der Waals surface area contributed by atoms with Crippen LogP contribution < -0.4 is 4.90 Å². The predicted molar refractivity (Wildman–Crippen MR) is 60.4 cm³/mol. The van der Waals surface area contributed by atoms with E-state index < -0.39 is 0 Å². The number of nitrogens with zero attached hydrogens (tertiary/aromatic N) is 3. The van der Waals surface area contributed by atoms with Gasteiger partial charge < -0.3 is 4.90 Å². The van der Waals surface area contributed by atoms with Gasteiger partial charge in [-0.25, -0.2) is 4.98 Å². The first-order valence-corrected chi connectivity index (χ1v) is 6.16. The molecule has 1 aliphatic heterocycles. The number of aromatic nitrogens is 2. The van der Waals surface area contributed by atoms with Crippen LogP contribution in [0.5, 0.6) is 0 Å². The summed E-state index contributed by atoms with van der Waals surface area (Å²) >= 11 is 1.45. The first kappa shape index (κ1) is 10.5. The lowest BCUT2D eigenvalue weighted by molar-refractivity contribution is -0.119. The van der Waals surface area contributed by atoms with Gasteiger partial charge in [-0.2, -0.15) is 4.37 Å². The Morgan fingerprint density at radius 3 is 2.80 bits per heavy atom. The van der Waals surface area contributed by atoms with E-state index in [1.807, 2.05) is 0 Å². The molecule has 0 radical (unpaired) electrons. The number of hydrogen-bond donors (Lipinski definition) is 0. The molecule has 0 atom stereocenters. The fraction of sp³-hybridized carbons (Fsp3) is 0.700. The molecule has 0 aromatic carbocycles. The van der Waals surface area contributed by atoms with Crippen molar-refractivity contribution >= 4 is 22.4 Å². The van der Waals surface area contributed by atoms with Crippen LogP contribution in [0.4, 0.5) is 5.13 Å². The molecule has 1 aliphatic rings. The zero-order valence-corrected chi connectivity index (χ0v) is 9.72. The molecule has 1 aromatic rings. The number of aryl methyl sites for hydroxylation is 1. The molecule has 1 aromatic heterocycles. The van der Waals surface area contributed by atoms with Crippen molar-refractivity contribution in [3.8, 4) is 0 Å². The molecule has 4 nitrogen and oxygen atoms in total. The van der Waals surface area contributed by atoms with Crippen molar-refractivity contribution in [3.63, 3.8) is 0 Å². The minimum Gasteiger partial charge on any atom is -0.346 e. The van der Waals surface area contributed by atoms with Crippen LogP contribution in [0.2, 0.25) is 0 Å². The summed E-state index contributed by atoms with van der Waals surface area (Å²) < 4.78 is 4.30. The molecule has 5 heteroatoms. The summed E-state index contributed by atoms with van der Waals surface area (Å²) in [6.07, 6.45) is 3.34. The monoisotopic (exact) mass is 225 g/mol. The van der Waals surface area contributed by atoms with Gasteiger partial charge in [-0.3, -0.25) is 4.79 Å². The highest BCUT2D eigenvalue weighted by Crippen LogP contribution is 2.20. The van der Waals surface area contributed by atoms with Crippen LogP contribution in [-0.2, 0) is 11.2 Å². The number of rotatable bonds is 3. The number of carbonyl (C=O) groups is 1. The zero-order chi connectivity index (χ0) is 10.7. The van der Waals surface area contributed by atoms with E-state index in [1.54, 1.807) is 0 Å². The lowest BCUT2D eigenvalue weighted by atomic mass is 10.1. The third-order valence-corrected chi connectivity index (χ3v) is 3.34. The molecule has 0 N–H and O–H groups in total.